The van der Waals surface area contributed by atoms with Crippen molar-refractivity contribution < 1.29 is 88.9 Å². The second-order valence-corrected chi connectivity index (χ2v) is 10.7. The average molecular weight is 778 g/mol. The molecule has 1 aromatic rings. The summed E-state index contributed by atoms with van der Waals surface area (Å²) in [6, 6.07) is 4.81. The minimum atomic E-state index is -1.31. The fourth-order valence-corrected chi connectivity index (χ4v) is 4.80. The Labute approximate surface area is 291 Å². The number of benzene rings is 1. The molecule has 18 heteroatoms. The normalized spacial score (nSPS) is 17.6. The topological polar surface area (TPSA) is 220 Å². The van der Waals surface area contributed by atoms with Crippen molar-refractivity contribution in [2.75, 3.05) is 85.1 Å². The summed E-state index contributed by atoms with van der Waals surface area (Å²) in [5, 5.41) is 42.9. The summed E-state index contributed by atoms with van der Waals surface area (Å²) < 4.78 is 5.28. The molecule has 1 aromatic carbocycles. The molecule has 1 saturated heterocycles. The summed E-state index contributed by atoms with van der Waals surface area (Å²) in [7, 11) is 0. The zero-order valence-electron chi connectivity index (χ0n) is 24.6. The number of nitrogens with zero attached hydrogens (tertiary/aromatic N) is 6. The van der Waals surface area contributed by atoms with Crippen LogP contribution in [0.1, 0.15) is 12.8 Å². The van der Waals surface area contributed by atoms with Crippen molar-refractivity contribution in [2.24, 2.45) is 0 Å². The number of carboxylic acids is 3. The number of carbonyl (C=O) groups excluding carboxylic acids is 4. The molecule has 1 amide bonds. The molecule has 247 valence electrons. The molecule has 1 aliphatic carbocycles. The molecule has 0 bridgehead atoms. The first-order valence-corrected chi connectivity index (χ1v) is 14.1. The van der Waals surface area contributed by atoms with E-state index in [1.54, 1.807) is 19.6 Å². The zero-order chi connectivity index (χ0) is 32.2. The van der Waals surface area contributed by atoms with Gasteiger partial charge in [-0.1, -0.05) is 0 Å². The van der Waals surface area contributed by atoms with E-state index in [2.05, 4.69) is 0 Å². The number of ether oxygens (including phenoxy) is 1. The Bertz CT molecular complexity index is 1170. The Hall–Kier alpha value is -2.87. The van der Waals surface area contributed by atoms with Gasteiger partial charge in [0.1, 0.15) is 12.3 Å². The molecule has 2 aliphatic rings. The molecule has 1 heterocycles. The van der Waals surface area contributed by atoms with Gasteiger partial charge >= 0.3 is 51.9 Å². The van der Waals surface area contributed by atoms with Crippen LogP contribution >= 0.6 is 0 Å². The average Bonchev–Trinajstić information content (AvgIpc) is 3.78. The number of hydrogen-bond donors (Lipinski definition) is 1. The minimum absolute atomic E-state index is 0. The van der Waals surface area contributed by atoms with Crippen molar-refractivity contribution in [1.82, 2.24) is 24.5 Å². The number of hydrogen-bond acceptors (Lipinski definition) is 14. The van der Waals surface area contributed by atoms with Gasteiger partial charge in [0.15, 0.2) is 0 Å². The van der Waals surface area contributed by atoms with Gasteiger partial charge in [-0.2, -0.15) is 0 Å². The molecule has 3 rings (SSSR count). The third-order valence-electron chi connectivity index (χ3n) is 7.24. The van der Waals surface area contributed by atoms with Gasteiger partial charge in [-0.15, -0.1) is 0 Å². The van der Waals surface area contributed by atoms with Crippen molar-refractivity contribution in [3.63, 3.8) is 0 Å². The first-order chi connectivity index (χ1) is 20.9. The SMILES string of the molecule is O=C([O-])CN1CCN(CC(=O)[O-])CCN(CC(=O)N(CC(=O)Oc2ccc([N+](=O)[O-])cc2)C2CC2)CCN(CC(=O)O)CC1.[Gd+3]. The molecule has 0 aromatic heterocycles. The molecule has 1 saturated carbocycles. The number of non-ortho nitro benzene ring substituents is 1. The molecule has 0 spiro atoms. The molecule has 0 atom stereocenters. The van der Waals surface area contributed by atoms with Crippen LogP contribution in [0.15, 0.2) is 24.3 Å². The number of amides is 1. The third-order valence-corrected chi connectivity index (χ3v) is 7.24. The van der Waals surface area contributed by atoms with E-state index >= 15 is 0 Å². The second kappa shape index (κ2) is 18.9. The predicted molar refractivity (Wildman–Crippen MR) is 147 cm³/mol. The molecular formula is C27H36GdN6O11+. The molecular weight excluding hydrogens is 742 g/mol. The number of rotatable bonds is 13. The number of carboxylic acid groups (broad SMARTS) is 3. The molecule has 2 fully saturated rings. The van der Waals surface area contributed by atoms with E-state index < -0.39 is 41.9 Å². The third kappa shape index (κ3) is 14.4. The maximum Gasteiger partial charge on any atom is 3.00 e. The van der Waals surface area contributed by atoms with Crippen LogP contribution in [0.2, 0.25) is 0 Å². The number of nitro benzene ring substituents is 1. The largest absolute Gasteiger partial charge is 3.00 e. The quantitative estimate of drug-likeness (QED) is 0.0882. The van der Waals surface area contributed by atoms with Crippen LogP contribution in [0.25, 0.3) is 0 Å². The first kappa shape index (κ1) is 38.3. The van der Waals surface area contributed by atoms with Gasteiger partial charge in [0.05, 0.1) is 30.0 Å². The maximum absolute atomic E-state index is 13.4. The summed E-state index contributed by atoms with van der Waals surface area (Å²) in [5.41, 5.74) is -0.166. The van der Waals surface area contributed by atoms with Gasteiger partial charge in [0, 0.05) is 83.6 Å². The van der Waals surface area contributed by atoms with Gasteiger partial charge in [-0.3, -0.25) is 39.3 Å². The van der Waals surface area contributed by atoms with Gasteiger partial charge in [0.2, 0.25) is 5.91 Å². The van der Waals surface area contributed by atoms with Crippen LogP contribution in [0.5, 0.6) is 5.75 Å². The van der Waals surface area contributed by atoms with Gasteiger partial charge in [-0.25, -0.2) is 4.79 Å². The summed E-state index contributed by atoms with van der Waals surface area (Å²) >= 11 is 0. The Morgan fingerprint density at radius 2 is 1.20 bits per heavy atom. The summed E-state index contributed by atoms with van der Waals surface area (Å²) in [4.78, 5) is 78.4. The van der Waals surface area contributed by atoms with E-state index in [9.17, 15) is 49.4 Å². The van der Waals surface area contributed by atoms with Crippen molar-refractivity contribution in [3.8, 4) is 5.75 Å². The predicted octanol–water partition coefficient (Wildman–Crippen LogP) is -3.70. The Morgan fingerprint density at radius 3 is 1.58 bits per heavy atom. The van der Waals surface area contributed by atoms with Crippen molar-refractivity contribution in [1.29, 1.82) is 0 Å². The van der Waals surface area contributed by atoms with Gasteiger partial charge in [-0.05, 0) is 25.0 Å². The standard InChI is InChI=1S/C27H38N6O11.Gd/c34-23(32(20-1-2-20)19-27(41)44-22-5-3-21(4-6-22)33(42)43)15-28-7-9-29(16-24(35)36)11-13-31(18-26(39)40)14-12-30(10-8-28)17-25(37)38;/h3-6,20H,1-2,7-19H2,(H,35,36)(H,37,38)(H,39,40);/q;+3/p-2. The van der Waals surface area contributed by atoms with Crippen LogP contribution in [0, 0.1) is 50.1 Å². The van der Waals surface area contributed by atoms with Crippen LogP contribution in [-0.2, 0) is 24.0 Å². The van der Waals surface area contributed by atoms with Crippen molar-refractivity contribution in [3.05, 3.63) is 34.4 Å². The molecule has 1 aliphatic heterocycles. The van der Waals surface area contributed by atoms with E-state index in [1.165, 1.54) is 29.2 Å². The summed E-state index contributed by atoms with van der Waals surface area (Å²) in [6.45, 7) is 0.100. The Balaban J connectivity index is 0.00000705. The van der Waals surface area contributed by atoms with Crippen LogP contribution in [0.4, 0.5) is 5.69 Å². The Kier molecular flexibility index (Phi) is 16.1. The van der Waals surface area contributed by atoms with E-state index in [0.29, 0.717) is 12.8 Å². The monoisotopic (exact) mass is 778 g/mol. The summed E-state index contributed by atoms with van der Waals surface area (Å²) in [6.07, 6.45) is 1.40. The minimum Gasteiger partial charge on any atom is -0.549 e. The Morgan fingerprint density at radius 1 is 0.778 bits per heavy atom. The van der Waals surface area contributed by atoms with Gasteiger partial charge in [0.25, 0.3) is 5.69 Å². The molecule has 17 nitrogen and oxygen atoms in total. The molecule has 45 heavy (non-hydrogen) atoms. The number of esters is 1. The van der Waals surface area contributed by atoms with E-state index in [0.717, 1.165) is 0 Å². The van der Waals surface area contributed by atoms with E-state index in [-0.39, 0.29) is 135 Å². The molecule has 1 N–H and O–H groups in total. The fraction of sp³-hybridized carbons (Fsp3) is 0.593. The first-order valence-electron chi connectivity index (χ1n) is 14.1. The second-order valence-electron chi connectivity index (χ2n) is 10.7. The zero-order valence-corrected chi connectivity index (χ0v) is 26.8. The number of aliphatic carboxylic acids is 3. The molecule has 1 radical (unpaired) electrons. The maximum atomic E-state index is 13.4. The number of nitro groups is 1. The van der Waals surface area contributed by atoms with Crippen molar-refractivity contribution >= 4 is 35.5 Å². The fourth-order valence-electron chi connectivity index (χ4n) is 4.80. The molecule has 0 unspecified atom stereocenters. The van der Waals surface area contributed by atoms with Crippen molar-refractivity contribution in [2.45, 2.75) is 18.9 Å². The van der Waals surface area contributed by atoms with E-state index in [4.69, 9.17) is 4.74 Å². The van der Waals surface area contributed by atoms with Crippen LogP contribution in [-0.4, -0.2) is 155 Å². The van der Waals surface area contributed by atoms with Crippen LogP contribution < -0.4 is 14.9 Å². The summed E-state index contributed by atoms with van der Waals surface area (Å²) in [5.74, 6) is -4.69. The number of carbonyl (C=O) groups is 5. The van der Waals surface area contributed by atoms with E-state index in [1.807, 2.05) is 0 Å². The smallest absolute Gasteiger partial charge is 0.549 e. The van der Waals surface area contributed by atoms with Gasteiger partial charge < -0.3 is 34.5 Å². The van der Waals surface area contributed by atoms with Crippen LogP contribution in [0.3, 0.4) is 0 Å².